The van der Waals surface area contributed by atoms with Crippen LogP contribution in [-0.4, -0.2) is 37.7 Å². The van der Waals surface area contributed by atoms with Crippen molar-refractivity contribution in [2.75, 3.05) is 12.4 Å². The zero-order chi connectivity index (χ0) is 27.8. The van der Waals surface area contributed by atoms with Crippen molar-refractivity contribution in [1.82, 2.24) is 24.7 Å². The number of hydrogen-bond acceptors (Lipinski definition) is 9. The van der Waals surface area contributed by atoms with Crippen LogP contribution < -0.4 is 15.6 Å². The quantitative estimate of drug-likeness (QED) is 0.292. The van der Waals surface area contributed by atoms with Gasteiger partial charge in [0, 0.05) is 29.4 Å². The predicted molar refractivity (Wildman–Crippen MR) is 142 cm³/mol. The van der Waals surface area contributed by atoms with E-state index < -0.39 is 23.6 Å². The van der Waals surface area contributed by atoms with Gasteiger partial charge in [0.1, 0.15) is 22.8 Å². The van der Waals surface area contributed by atoms with Gasteiger partial charge in [0.2, 0.25) is 5.13 Å². The second-order valence-corrected chi connectivity index (χ2v) is 9.78. The molecule has 1 fully saturated rings. The highest BCUT2D eigenvalue weighted by Crippen LogP contribution is 2.35. The molecule has 6 rings (SSSR count). The fourth-order valence-corrected chi connectivity index (χ4v) is 4.56. The van der Waals surface area contributed by atoms with Crippen LogP contribution in [0.4, 0.5) is 13.9 Å². The van der Waals surface area contributed by atoms with Crippen LogP contribution in [-0.2, 0) is 0 Å². The highest BCUT2D eigenvalue weighted by Gasteiger charge is 2.23. The number of methoxy groups -OCH3 is 1. The van der Waals surface area contributed by atoms with E-state index in [0.29, 0.717) is 21.9 Å². The van der Waals surface area contributed by atoms with Crippen molar-refractivity contribution in [3.8, 4) is 34.5 Å². The first-order chi connectivity index (χ1) is 19.4. The predicted octanol–water partition coefficient (Wildman–Crippen LogP) is 4.85. The summed E-state index contributed by atoms with van der Waals surface area (Å²) in [7, 11) is 1.35. The number of rotatable bonds is 6. The fraction of sp³-hybridized carbons (Fsp3) is 0.185. The number of carbonyl (C=O) groups is 1. The largest absolute Gasteiger partial charge is 0.494 e. The minimum atomic E-state index is -2.87. The molecule has 13 heteroatoms. The molecule has 1 N–H and O–H groups in total. The van der Waals surface area contributed by atoms with Gasteiger partial charge in [-0.15, -0.1) is 10.2 Å². The van der Waals surface area contributed by atoms with E-state index in [-0.39, 0.29) is 33.4 Å². The molecule has 10 nitrogen and oxygen atoms in total. The molecular formula is C27H18F2N6O4S. The molecule has 40 heavy (non-hydrogen) atoms. The van der Waals surface area contributed by atoms with Gasteiger partial charge < -0.3 is 9.15 Å². The molecule has 5 heterocycles. The van der Waals surface area contributed by atoms with Crippen LogP contribution in [0.15, 0.2) is 58.3 Å². The molecule has 0 aliphatic heterocycles. The summed E-state index contributed by atoms with van der Waals surface area (Å²) in [5.41, 5.74) is -0.167. The van der Waals surface area contributed by atoms with Gasteiger partial charge in [0.25, 0.3) is 17.9 Å². The number of halogens is 2. The zero-order valence-corrected chi connectivity index (χ0v) is 21.5. The SMILES string of the molecule is COc1cnc(C(F)F)cc1-c1cc(-n2ccc3occc3c2=O)ncc1C(=O)Nc1nnc(C#CC2CC2)s1. The van der Waals surface area contributed by atoms with Crippen molar-refractivity contribution in [2.24, 2.45) is 5.92 Å². The molecular weight excluding hydrogens is 542 g/mol. The third-order valence-corrected chi connectivity index (χ3v) is 6.88. The molecule has 1 amide bonds. The van der Waals surface area contributed by atoms with E-state index in [1.807, 2.05) is 0 Å². The van der Waals surface area contributed by atoms with Gasteiger partial charge >= 0.3 is 0 Å². The maximum Gasteiger partial charge on any atom is 0.280 e. The first-order valence-electron chi connectivity index (χ1n) is 12.0. The normalized spacial score (nSPS) is 12.8. The Morgan fingerprint density at radius 1 is 1.20 bits per heavy atom. The lowest BCUT2D eigenvalue weighted by atomic mass is 10.00. The number of nitrogens with zero attached hydrogens (tertiary/aromatic N) is 5. The average Bonchev–Trinajstić information content (AvgIpc) is 3.47. The number of ether oxygens (including phenoxy) is 1. The third-order valence-electron chi connectivity index (χ3n) is 6.13. The van der Waals surface area contributed by atoms with Gasteiger partial charge in [-0.3, -0.25) is 24.5 Å². The Hall–Kier alpha value is -4.96. The fourth-order valence-electron chi connectivity index (χ4n) is 3.96. The summed E-state index contributed by atoms with van der Waals surface area (Å²) in [6.07, 6.45) is 4.53. The number of nitrogens with one attached hydrogen (secondary N) is 1. The van der Waals surface area contributed by atoms with Crippen LogP contribution in [0, 0.1) is 17.8 Å². The van der Waals surface area contributed by atoms with Gasteiger partial charge in [-0.25, -0.2) is 13.8 Å². The molecule has 0 bridgehead atoms. The highest BCUT2D eigenvalue weighted by atomic mass is 32.1. The van der Waals surface area contributed by atoms with Crippen molar-refractivity contribution < 1.29 is 22.7 Å². The molecule has 5 aromatic heterocycles. The summed E-state index contributed by atoms with van der Waals surface area (Å²) in [5.74, 6) is 6.07. The monoisotopic (exact) mass is 560 g/mol. The summed E-state index contributed by atoms with van der Waals surface area (Å²) in [6.45, 7) is 0. The van der Waals surface area contributed by atoms with E-state index in [1.165, 1.54) is 42.5 Å². The van der Waals surface area contributed by atoms with E-state index in [4.69, 9.17) is 9.15 Å². The summed E-state index contributed by atoms with van der Waals surface area (Å²) in [5, 5.41) is 11.6. The maximum atomic E-state index is 13.6. The summed E-state index contributed by atoms with van der Waals surface area (Å²) >= 11 is 1.11. The molecule has 1 aliphatic rings. The van der Waals surface area contributed by atoms with E-state index >= 15 is 0 Å². The highest BCUT2D eigenvalue weighted by molar-refractivity contribution is 7.15. The van der Waals surface area contributed by atoms with E-state index in [9.17, 15) is 18.4 Å². The molecule has 0 spiro atoms. The van der Waals surface area contributed by atoms with Crippen LogP contribution in [0.3, 0.4) is 0 Å². The molecule has 0 radical (unpaired) electrons. The maximum absolute atomic E-state index is 13.6. The van der Waals surface area contributed by atoms with Crippen LogP contribution in [0.25, 0.3) is 27.9 Å². The van der Waals surface area contributed by atoms with E-state index in [2.05, 4.69) is 37.3 Å². The summed E-state index contributed by atoms with van der Waals surface area (Å²) in [6, 6.07) is 5.71. The topological polar surface area (TPSA) is 125 Å². The number of hydrogen-bond donors (Lipinski definition) is 1. The summed E-state index contributed by atoms with van der Waals surface area (Å²) < 4.78 is 39.1. The van der Waals surface area contributed by atoms with Gasteiger partial charge in [-0.1, -0.05) is 17.3 Å². The minimum absolute atomic E-state index is 0.0201. The minimum Gasteiger partial charge on any atom is -0.494 e. The molecule has 0 aromatic carbocycles. The number of amides is 1. The van der Waals surface area contributed by atoms with Crippen LogP contribution in [0.2, 0.25) is 0 Å². The Balaban J connectivity index is 1.45. The van der Waals surface area contributed by atoms with Crippen LogP contribution >= 0.6 is 11.3 Å². The first-order valence-corrected chi connectivity index (χ1v) is 12.8. The molecule has 0 unspecified atom stereocenters. The van der Waals surface area contributed by atoms with Crippen LogP contribution in [0.1, 0.15) is 40.3 Å². The number of pyridine rings is 3. The zero-order valence-electron chi connectivity index (χ0n) is 20.7. The van der Waals surface area contributed by atoms with Crippen molar-refractivity contribution in [1.29, 1.82) is 0 Å². The smallest absolute Gasteiger partial charge is 0.280 e. The van der Waals surface area contributed by atoms with Crippen molar-refractivity contribution in [2.45, 2.75) is 19.3 Å². The number of carbonyl (C=O) groups excluding carboxylic acids is 1. The van der Waals surface area contributed by atoms with Crippen molar-refractivity contribution >= 4 is 33.3 Å². The summed E-state index contributed by atoms with van der Waals surface area (Å²) in [4.78, 5) is 34.6. The molecule has 1 saturated carbocycles. The molecule has 200 valence electrons. The Morgan fingerprint density at radius 2 is 2.05 bits per heavy atom. The Bertz CT molecular complexity index is 1880. The second-order valence-electron chi connectivity index (χ2n) is 8.80. The Kier molecular flexibility index (Phi) is 6.53. The number of furan rings is 1. The number of alkyl halides is 2. The lowest BCUT2D eigenvalue weighted by Gasteiger charge is -2.15. The lowest BCUT2D eigenvalue weighted by molar-refractivity contribution is 0.102. The standard InChI is InChI=1S/C27H18F2N6O4S/c1-38-21-13-30-19(24(28)29)10-17(21)16-11-22(35-8-6-20-15(26(35)37)7-9-39-20)31-12-18(16)25(36)32-27-34-33-23(40-27)5-4-14-2-3-14/h6-14,24H,2-3H2,1H3,(H,32,34,36). The van der Waals surface area contributed by atoms with E-state index in [0.717, 1.165) is 36.4 Å². The second kappa shape index (κ2) is 10.3. The van der Waals surface area contributed by atoms with Gasteiger partial charge in [0.15, 0.2) is 5.01 Å². The first kappa shape index (κ1) is 25.3. The third kappa shape index (κ3) is 4.92. The van der Waals surface area contributed by atoms with E-state index in [1.54, 1.807) is 6.07 Å². The Labute approximate surface area is 228 Å². The number of aromatic nitrogens is 5. The lowest BCUT2D eigenvalue weighted by Crippen LogP contribution is -2.19. The molecule has 5 aromatic rings. The molecule has 0 saturated heterocycles. The molecule has 1 aliphatic carbocycles. The van der Waals surface area contributed by atoms with Crippen LogP contribution in [0.5, 0.6) is 5.75 Å². The average molecular weight is 561 g/mol. The van der Waals surface area contributed by atoms with Gasteiger partial charge in [0.05, 0.1) is 30.5 Å². The van der Waals surface area contributed by atoms with Gasteiger partial charge in [-0.05, 0) is 43.0 Å². The van der Waals surface area contributed by atoms with Crippen molar-refractivity contribution in [3.05, 3.63) is 75.7 Å². The Morgan fingerprint density at radius 3 is 2.83 bits per heavy atom. The van der Waals surface area contributed by atoms with Gasteiger partial charge in [-0.2, -0.15) is 0 Å². The molecule has 0 atom stereocenters. The van der Waals surface area contributed by atoms with Crippen molar-refractivity contribution in [3.63, 3.8) is 0 Å². The number of fused-ring (bicyclic) bond motifs is 1. The number of anilines is 1.